The fraction of sp³-hybridized carbons (Fsp3) is 0.240. The number of amides is 1. The minimum absolute atomic E-state index is 0.301. The first-order chi connectivity index (χ1) is 17.0. The third-order valence-corrected chi connectivity index (χ3v) is 5.76. The number of carbonyl (C=O) groups excluding carboxylic acids is 1. The molecule has 3 aromatic heterocycles. The van der Waals surface area contributed by atoms with E-state index in [9.17, 15) is 13.6 Å². The predicted molar refractivity (Wildman–Crippen MR) is 125 cm³/mol. The number of pyridine rings is 2. The quantitative estimate of drug-likeness (QED) is 0.434. The zero-order valence-corrected chi connectivity index (χ0v) is 18.9. The van der Waals surface area contributed by atoms with Crippen molar-refractivity contribution in [1.82, 2.24) is 24.7 Å². The Hall–Kier alpha value is -4.21. The van der Waals surface area contributed by atoms with Crippen LogP contribution in [0, 0.1) is 6.92 Å². The fourth-order valence-corrected chi connectivity index (χ4v) is 3.92. The number of aryl methyl sites for hydroxylation is 1. The van der Waals surface area contributed by atoms with Gasteiger partial charge < -0.3 is 14.6 Å². The van der Waals surface area contributed by atoms with Crippen LogP contribution < -0.4 is 10.1 Å². The molecule has 1 aromatic carbocycles. The van der Waals surface area contributed by atoms with Crippen LogP contribution in [0.1, 0.15) is 41.1 Å². The van der Waals surface area contributed by atoms with Gasteiger partial charge in [-0.2, -0.15) is 0 Å². The van der Waals surface area contributed by atoms with E-state index in [-0.39, 0.29) is 5.69 Å². The highest BCUT2D eigenvalue weighted by Crippen LogP contribution is 2.29. The van der Waals surface area contributed by atoms with Crippen LogP contribution in [0.2, 0.25) is 0 Å². The average molecular weight is 476 g/mol. The van der Waals surface area contributed by atoms with E-state index in [0.29, 0.717) is 52.9 Å². The summed E-state index contributed by atoms with van der Waals surface area (Å²) >= 11 is 0. The molecule has 0 spiro atoms. The number of anilines is 1. The molecule has 10 heteroatoms. The van der Waals surface area contributed by atoms with E-state index in [0.717, 1.165) is 18.7 Å². The monoisotopic (exact) mass is 476 g/mol. The third kappa shape index (κ3) is 4.72. The molecule has 1 N–H and O–H groups in total. The highest BCUT2D eigenvalue weighted by molar-refractivity contribution is 6.06. The first-order valence-corrected chi connectivity index (χ1v) is 11.2. The predicted octanol–water partition coefficient (Wildman–Crippen LogP) is 5.07. The van der Waals surface area contributed by atoms with Crippen LogP contribution in [0.4, 0.5) is 14.6 Å². The number of hydrogen-bond acceptors (Lipinski definition) is 6. The second-order valence-electron chi connectivity index (χ2n) is 8.12. The highest BCUT2D eigenvalue weighted by atomic mass is 19.3. The molecule has 0 radical (unpaired) electrons. The number of fused-ring (bicyclic) bond motifs is 5. The molecule has 4 heterocycles. The summed E-state index contributed by atoms with van der Waals surface area (Å²) in [7, 11) is 0. The van der Waals surface area contributed by atoms with Crippen LogP contribution in [-0.4, -0.2) is 37.2 Å². The number of nitrogens with zero attached hydrogens (tertiary/aromatic N) is 5. The van der Waals surface area contributed by atoms with E-state index in [1.54, 1.807) is 36.4 Å². The maximum atomic E-state index is 13.3. The lowest BCUT2D eigenvalue weighted by atomic mass is 10.0. The zero-order chi connectivity index (χ0) is 24.4. The van der Waals surface area contributed by atoms with E-state index in [1.807, 2.05) is 17.6 Å². The highest BCUT2D eigenvalue weighted by Gasteiger charge is 2.18. The van der Waals surface area contributed by atoms with Crippen LogP contribution in [0.5, 0.6) is 5.75 Å². The van der Waals surface area contributed by atoms with Gasteiger partial charge in [0.15, 0.2) is 5.82 Å². The van der Waals surface area contributed by atoms with Crippen LogP contribution >= 0.6 is 0 Å². The first-order valence-electron chi connectivity index (χ1n) is 11.2. The third-order valence-electron chi connectivity index (χ3n) is 5.76. The van der Waals surface area contributed by atoms with Crippen LogP contribution in [0.15, 0.2) is 54.7 Å². The lowest BCUT2D eigenvalue weighted by Crippen LogP contribution is -2.16. The summed E-state index contributed by atoms with van der Waals surface area (Å²) in [4.78, 5) is 21.7. The van der Waals surface area contributed by atoms with Gasteiger partial charge in [0, 0.05) is 18.3 Å². The molecule has 0 unspecified atom stereocenters. The van der Waals surface area contributed by atoms with Gasteiger partial charge in [0.05, 0.1) is 12.2 Å². The number of halogens is 2. The molecule has 0 saturated heterocycles. The van der Waals surface area contributed by atoms with Crippen molar-refractivity contribution >= 4 is 11.7 Å². The standard InChI is InChI=1S/C25H22F2N6O2/c1-15-31-32-24-20-5-4-6-22(29-20)30-25(34)18-13-16(17-7-9-19(23(26)27)28-14-17)8-10-21(18)35-12-3-2-11-33(15)24/h4-10,13-14,23H,2-3,11-12H2,1H3,(H,29,30,34). The molecule has 1 amide bonds. The normalized spacial score (nSPS) is 13.9. The fourth-order valence-electron chi connectivity index (χ4n) is 3.92. The number of hydrogen-bond donors (Lipinski definition) is 1. The molecule has 1 aliphatic rings. The van der Waals surface area contributed by atoms with Gasteiger partial charge in [-0.15, -0.1) is 10.2 Å². The van der Waals surface area contributed by atoms with Gasteiger partial charge in [-0.25, -0.2) is 13.8 Å². The second-order valence-corrected chi connectivity index (χ2v) is 8.12. The van der Waals surface area contributed by atoms with E-state index in [2.05, 4.69) is 25.5 Å². The van der Waals surface area contributed by atoms with Crippen molar-refractivity contribution in [3.8, 4) is 28.4 Å². The smallest absolute Gasteiger partial charge is 0.280 e. The van der Waals surface area contributed by atoms with Gasteiger partial charge in [0.25, 0.3) is 12.3 Å². The summed E-state index contributed by atoms with van der Waals surface area (Å²) in [6.07, 6.45) is 0.308. The van der Waals surface area contributed by atoms with Crippen molar-refractivity contribution in [1.29, 1.82) is 0 Å². The maximum absolute atomic E-state index is 13.3. The van der Waals surface area contributed by atoms with Gasteiger partial charge in [-0.1, -0.05) is 18.2 Å². The Balaban J connectivity index is 1.51. The number of rotatable bonds is 2. The molecule has 178 valence electrons. The average Bonchev–Trinajstić information content (AvgIpc) is 3.23. The van der Waals surface area contributed by atoms with Gasteiger partial charge in [0.1, 0.15) is 28.8 Å². The van der Waals surface area contributed by atoms with Crippen LogP contribution in [0.3, 0.4) is 0 Å². The van der Waals surface area contributed by atoms with Crippen molar-refractivity contribution in [3.05, 3.63) is 71.8 Å². The number of alkyl halides is 2. The summed E-state index contributed by atoms with van der Waals surface area (Å²) in [5.41, 5.74) is 1.88. The summed E-state index contributed by atoms with van der Waals surface area (Å²) in [5, 5.41) is 11.3. The van der Waals surface area contributed by atoms with Gasteiger partial charge in [-0.05, 0) is 55.7 Å². The van der Waals surface area contributed by atoms with Gasteiger partial charge in [0.2, 0.25) is 0 Å². The summed E-state index contributed by atoms with van der Waals surface area (Å²) < 4.78 is 33.7. The Morgan fingerprint density at radius 1 is 1.06 bits per heavy atom. The molecule has 5 rings (SSSR count). The topological polar surface area (TPSA) is 94.8 Å². The Kier molecular flexibility index (Phi) is 6.17. The van der Waals surface area contributed by atoms with Crippen molar-refractivity contribution in [2.75, 3.05) is 11.9 Å². The lowest BCUT2D eigenvalue weighted by molar-refractivity contribution is 0.102. The van der Waals surface area contributed by atoms with Crippen LogP contribution in [-0.2, 0) is 6.54 Å². The van der Waals surface area contributed by atoms with Crippen molar-refractivity contribution in [2.24, 2.45) is 0 Å². The van der Waals surface area contributed by atoms with E-state index < -0.39 is 12.3 Å². The first kappa shape index (κ1) is 22.6. The molecule has 2 bridgehead atoms. The number of benzene rings is 1. The molecule has 0 fully saturated rings. The molecule has 0 atom stereocenters. The molecular formula is C25H22F2N6O2. The molecule has 35 heavy (non-hydrogen) atoms. The molecule has 0 saturated carbocycles. The molecule has 1 aliphatic heterocycles. The summed E-state index contributed by atoms with van der Waals surface area (Å²) in [6.45, 7) is 3.03. The van der Waals surface area contributed by atoms with Crippen molar-refractivity contribution in [2.45, 2.75) is 32.7 Å². The number of carbonyl (C=O) groups is 1. The maximum Gasteiger partial charge on any atom is 0.280 e. The number of aromatic nitrogens is 5. The van der Waals surface area contributed by atoms with Gasteiger partial charge in [-0.3, -0.25) is 9.78 Å². The van der Waals surface area contributed by atoms with Crippen molar-refractivity contribution in [3.63, 3.8) is 0 Å². The Morgan fingerprint density at radius 3 is 2.71 bits per heavy atom. The molecular weight excluding hydrogens is 454 g/mol. The Labute approximate surface area is 200 Å². The Morgan fingerprint density at radius 2 is 1.91 bits per heavy atom. The largest absolute Gasteiger partial charge is 0.493 e. The zero-order valence-electron chi connectivity index (χ0n) is 18.9. The number of nitrogens with one attached hydrogen (secondary N) is 1. The number of ether oxygens (including phenoxy) is 1. The second kappa shape index (κ2) is 9.57. The molecule has 8 nitrogen and oxygen atoms in total. The Bertz CT molecular complexity index is 1370. The van der Waals surface area contributed by atoms with E-state index in [1.165, 1.54) is 12.3 Å². The molecule has 4 aromatic rings. The minimum Gasteiger partial charge on any atom is -0.493 e. The van der Waals surface area contributed by atoms with E-state index >= 15 is 0 Å². The van der Waals surface area contributed by atoms with Crippen molar-refractivity contribution < 1.29 is 18.3 Å². The molecule has 0 aliphatic carbocycles. The summed E-state index contributed by atoms with van der Waals surface area (Å²) in [5.74, 6) is 1.81. The summed E-state index contributed by atoms with van der Waals surface area (Å²) in [6, 6.07) is 13.3. The minimum atomic E-state index is -2.64. The SMILES string of the molecule is Cc1nnc2n1CCCCOc1ccc(-c3ccc(C(F)F)nc3)cc1C(=O)Nc1cccc-2n1. The lowest BCUT2D eigenvalue weighted by Gasteiger charge is -2.15. The van der Waals surface area contributed by atoms with E-state index in [4.69, 9.17) is 4.74 Å². The van der Waals surface area contributed by atoms with Crippen LogP contribution in [0.25, 0.3) is 22.6 Å². The van der Waals surface area contributed by atoms with Gasteiger partial charge >= 0.3 is 0 Å².